The summed E-state index contributed by atoms with van der Waals surface area (Å²) >= 11 is 3.27. The van der Waals surface area contributed by atoms with Crippen molar-refractivity contribution < 1.29 is 24.1 Å². The molecule has 1 fully saturated rings. The molecule has 1 aliphatic rings. The highest BCUT2D eigenvalue weighted by molar-refractivity contribution is 9.10. The minimum atomic E-state index is -1.02. The highest BCUT2D eigenvalue weighted by atomic mass is 79.9. The van der Waals surface area contributed by atoms with Gasteiger partial charge in [0.15, 0.2) is 6.29 Å². The molecular weight excluding hydrogens is 364 g/mol. The van der Waals surface area contributed by atoms with Gasteiger partial charge in [-0.15, -0.1) is 0 Å². The van der Waals surface area contributed by atoms with Gasteiger partial charge >= 0.3 is 5.97 Å². The van der Waals surface area contributed by atoms with E-state index in [2.05, 4.69) is 15.9 Å². The molecule has 0 aliphatic carbocycles. The van der Waals surface area contributed by atoms with E-state index in [-0.39, 0.29) is 5.56 Å². The summed E-state index contributed by atoms with van der Waals surface area (Å²) in [4.78, 5) is 11.3. The Morgan fingerprint density at radius 3 is 2.57 bits per heavy atom. The zero-order chi connectivity index (χ0) is 16.2. The van der Waals surface area contributed by atoms with Gasteiger partial charge in [-0.2, -0.15) is 0 Å². The number of carbonyl (C=O) groups is 1. The van der Waals surface area contributed by atoms with E-state index in [0.717, 1.165) is 5.56 Å². The molecule has 1 saturated heterocycles. The zero-order valence-electron chi connectivity index (χ0n) is 12.2. The fourth-order valence-electron chi connectivity index (χ4n) is 2.32. The Morgan fingerprint density at radius 1 is 1.22 bits per heavy atom. The lowest BCUT2D eigenvalue weighted by Gasteiger charge is -2.17. The Balaban J connectivity index is 1.90. The summed E-state index contributed by atoms with van der Waals surface area (Å²) in [5.41, 5.74) is 1.75. The van der Waals surface area contributed by atoms with Gasteiger partial charge in [0.1, 0.15) is 12.4 Å². The van der Waals surface area contributed by atoms with Crippen LogP contribution in [0.3, 0.4) is 0 Å². The van der Waals surface area contributed by atoms with Crippen molar-refractivity contribution in [2.75, 3.05) is 13.2 Å². The number of hydrogen-bond donors (Lipinski definition) is 1. The lowest BCUT2D eigenvalue weighted by Crippen LogP contribution is -2.07. The van der Waals surface area contributed by atoms with Crippen molar-refractivity contribution in [3.63, 3.8) is 0 Å². The van der Waals surface area contributed by atoms with E-state index in [9.17, 15) is 9.90 Å². The van der Waals surface area contributed by atoms with Gasteiger partial charge in [-0.1, -0.05) is 30.3 Å². The number of halogens is 1. The summed E-state index contributed by atoms with van der Waals surface area (Å²) in [7, 11) is 0. The number of carboxylic acid groups (broad SMARTS) is 1. The van der Waals surface area contributed by atoms with Gasteiger partial charge in [-0.05, 0) is 33.6 Å². The lowest BCUT2D eigenvalue weighted by molar-refractivity contribution is -0.0459. The Kier molecular flexibility index (Phi) is 4.95. The standard InChI is InChI=1S/C17H15BrO5/c18-14-9-15(23-10-11-4-2-1-3-5-11)13(8-12(14)16(19)20)17-21-6-7-22-17/h1-5,8-9,17H,6-7,10H2,(H,19,20). The molecule has 1 N–H and O–H groups in total. The molecule has 0 aromatic heterocycles. The van der Waals surface area contributed by atoms with Crippen LogP contribution in [0.2, 0.25) is 0 Å². The molecule has 0 bridgehead atoms. The van der Waals surface area contributed by atoms with Crippen LogP contribution in [0.15, 0.2) is 46.9 Å². The van der Waals surface area contributed by atoms with E-state index in [1.807, 2.05) is 30.3 Å². The molecular formula is C17H15BrO5. The topological polar surface area (TPSA) is 65.0 Å². The van der Waals surface area contributed by atoms with Crippen molar-refractivity contribution in [1.29, 1.82) is 0 Å². The molecule has 23 heavy (non-hydrogen) atoms. The Morgan fingerprint density at radius 2 is 1.91 bits per heavy atom. The van der Waals surface area contributed by atoms with Crippen molar-refractivity contribution in [3.8, 4) is 5.75 Å². The zero-order valence-corrected chi connectivity index (χ0v) is 13.8. The quantitative estimate of drug-likeness (QED) is 0.857. The minimum absolute atomic E-state index is 0.145. The highest BCUT2D eigenvalue weighted by Gasteiger charge is 2.25. The van der Waals surface area contributed by atoms with Gasteiger partial charge in [-0.25, -0.2) is 4.79 Å². The second kappa shape index (κ2) is 7.12. The maximum Gasteiger partial charge on any atom is 0.336 e. The summed E-state index contributed by atoms with van der Waals surface area (Å²) in [6.45, 7) is 1.32. The summed E-state index contributed by atoms with van der Waals surface area (Å²) in [5, 5.41) is 9.28. The van der Waals surface area contributed by atoms with E-state index >= 15 is 0 Å². The van der Waals surface area contributed by atoms with Gasteiger partial charge in [-0.3, -0.25) is 0 Å². The fourth-order valence-corrected chi connectivity index (χ4v) is 2.81. The van der Waals surface area contributed by atoms with Crippen LogP contribution >= 0.6 is 15.9 Å². The Hall–Kier alpha value is -1.89. The van der Waals surface area contributed by atoms with Gasteiger partial charge in [0.25, 0.3) is 0 Å². The molecule has 0 amide bonds. The molecule has 0 atom stereocenters. The third kappa shape index (κ3) is 3.72. The van der Waals surface area contributed by atoms with Crippen molar-refractivity contribution in [2.45, 2.75) is 12.9 Å². The normalized spacial score (nSPS) is 14.8. The predicted octanol–water partition coefficient (Wildman–Crippen LogP) is 3.77. The second-order valence-electron chi connectivity index (χ2n) is 5.02. The molecule has 1 heterocycles. The van der Waals surface area contributed by atoms with Crippen LogP contribution in [0, 0.1) is 0 Å². The number of aromatic carboxylic acids is 1. The first kappa shape index (κ1) is 16.0. The van der Waals surface area contributed by atoms with E-state index in [0.29, 0.717) is 35.6 Å². The SMILES string of the molecule is O=C(O)c1cc(C2OCCO2)c(OCc2ccccc2)cc1Br. The third-order valence-electron chi connectivity index (χ3n) is 3.44. The molecule has 0 radical (unpaired) electrons. The number of rotatable bonds is 5. The summed E-state index contributed by atoms with van der Waals surface area (Å²) in [6.07, 6.45) is -0.605. The second-order valence-corrected chi connectivity index (χ2v) is 5.88. The average molecular weight is 379 g/mol. The molecule has 2 aromatic carbocycles. The molecule has 2 aromatic rings. The first-order valence-electron chi connectivity index (χ1n) is 7.12. The largest absolute Gasteiger partial charge is 0.488 e. The van der Waals surface area contributed by atoms with Crippen LogP contribution < -0.4 is 4.74 Å². The fraction of sp³-hybridized carbons (Fsp3) is 0.235. The lowest BCUT2D eigenvalue weighted by atomic mass is 10.1. The molecule has 3 rings (SSSR count). The van der Waals surface area contributed by atoms with E-state index in [1.165, 1.54) is 6.07 Å². The van der Waals surface area contributed by atoms with Crippen molar-refractivity contribution >= 4 is 21.9 Å². The molecule has 0 unspecified atom stereocenters. The van der Waals surface area contributed by atoms with Crippen molar-refractivity contribution in [2.24, 2.45) is 0 Å². The first-order valence-corrected chi connectivity index (χ1v) is 7.91. The monoisotopic (exact) mass is 378 g/mol. The molecule has 5 nitrogen and oxygen atoms in total. The predicted molar refractivity (Wildman–Crippen MR) is 86.5 cm³/mol. The minimum Gasteiger partial charge on any atom is -0.488 e. The van der Waals surface area contributed by atoms with Crippen molar-refractivity contribution in [1.82, 2.24) is 0 Å². The van der Waals surface area contributed by atoms with Crippen LogP contribution in [0.5, 0.6) is 5.75 Å². The van der Waals surface area contributed by atoms with Gasteiger partial charge < -0.3 is 19.3 Å². The number of carboxylic acids is 1. The third-order valence-corrected chi connectivity index (χ3v) is 4.10. The molecule has 6 heteroatoms. The molecule has 0 spiro atoms. The summed E-state index contributed by atoms with van der Waals surface area (Å²) in [6, 6.07) is 12.9. The van der Waals surface area contributed by atoms with Crippen molar-refractivity contribution in [3.05, 3.63) is 63.6 Å². The highest BCUT2D eigenvalue weighted by Crippen LogP contribution is 2.36. The van der Waals surface area contributed by atoms with E-state index in [4.69, 9.17) is 14.2 Å². The van der Waals surface area contributed by atoms with Crippen LogP contribution in [0.25, 0.3) is 0 Å². The average Bonchev–Trinajstić information content (AvgIpc) is 3.08. The van der Waals surface area contributed by atoms with Crippen LogP contribution in [-0.2, 0) is 16.1 Å². The van der Waals surface area contributed by atoms with E-state index in [1.54, 1.807) is 6.07 Å². The van der Waals surface area contributed by atoms with Gasteiger partial charge in [0.2, 0.25) is 0 Å². The maximum absolute atomic E-state index is 11.3. The first-order chi connectivity index (χ1) is 11.1. The van der Waals surface area contributed by atoms with Gasteiger partial charge in [0, 0.05) is 4.47 Å². The van der Waals surface area contributed by atoms with Crippen LogP contribution in [0.1, 0.15) is 27.8 Å². The molecule has 120 valence electrons. The summed E-state index contributed by atoms with van der Waals surface area (Å²) < 4.78 is 17.3. The van der Waals surface area contributed by atoms with E-state index < -0.39 is 12.3 Å². The Bertz CT molecular complexity index is 696. The van der Waals surface area contributed by atoms with Crippen LogP contribution in [-0.4, -0.2) is 24.3 Å². The number of hydrogen-bond acceptors (Lipinski definition) is 4. The maximum atomic E-state index is 11.3. The number of benzene rings is 2. The smallest absolute Gasteiger partial charge is 0.336 e. The number of ether oxygens (including phenoxy) is 3. The summed E-state index contributed by atoms with van der Waals surface area (Å²) in [5.74, 6) is -0.483. The Labute approximate surface area is 141 Å². The molecule has 1 aliphatic heterocycles. The molecule has 0 saturated carbocycles. The van der Waals surface area contributed by atoms with Gasteiger partial charge in [0.05, 0.1) is 24.3 Å². The van der Waals surface area contributed by atoms with Crippen LogP contribution in [0.4, 0.5) is 0 Å².